The number of urea groups is 1. The van der Waals surface area contributed by atoms with Gasteiger partial charge in [-0.3, -0.25) is 0 Å². The van der Waals surface area contributed by atoms with Crippen LogP contribution in [0.3, 0.4) is 0 Å². The fourth-order valence-electron chi connectivity index (χ4n) is 1.63. The van der Waals surface area contributed by atoms with Gasteiger partial charge in [0.15, 0.2) is 0 Å². The normalized spacial score (nSPS) is 10.4. The van der Waals surface area contributed by atoms with Crippen molar-refractivity contribution < 1.29 is 9.21 Å². The Balaban J connectivity index is 1.88. The molecule has 1 N–H and O–H groups in total. The number of carbonyl (C=O) groups excluding carboxylic acids is 1. The van der Waals surface area contributed by atoms with E-state index in [0.29, 0.717) is 19.6 Å². The monoisotopic (exact) mass is 342 g/mol. The molecule has 2 aromatic rings. The Hall–Kier alpha value is -1.27. The minimum Gasteiger partial charge on any atom is -0.472 e. The minimum absolute atomic E-state index is 0.0618. The third-order valence-corrected chi connectivity index (χ3v) is 4.28. The van der Waals surface area contributed by atoms with Crippen molar-refractivity contribution in [3.8, 4) is 0 Å². The second-order valence-electron chi connectivity index (χ2n) is 4.01. The molecule has 0 aliphatic carbocycles. The van der Waals surface area contributed by atoms with E-state index >= 15 is 0 Å². The highest BCUT2D eigenvalue weighted by Crippen LogP contribution is 2.23. The van der Waals surface area contributed by atoms with Gasteiger partial charge in [-0.2, -0.15) is 0 Å². The third kappa shape index (κ3) is 4.11. The summed E-state index contributed by atoms with van der Waals surface area (Å²) < 4.78 is 6.04. The summed E-state index contributed by atoms with van der Waals surface area (Å²) in [6, 6.07) is 5.80. The number of thiophene rings is 1. The van der Waals surface area contributed by atoms with Crippen molar-refractivity contribution >= 4 is 33.3 Å². The van der Waals surface area contributed by atoms with Crippen LogP contribution in [0.4, 0.5) is 4.79 Å². The van der Waals surface area contributed by atoms with Crippen molar-refractivity contribution in [2.24, 2.45) is 0 Å². The van der Waals surface area contributed by atoms with E-state index in [0.717, 1.165) is 14.2 Å². The molecular weight excluding hydrogens is 328 g/mol. The first kappa shape index (κ1) is 14.1. The van der Waals surface area contributed by atoms with Crippen LogP contribution in [-0.4, -0.2) is 17.5 Å². The smallest absolute Gasteiger partial charge is 0.317 e. The molecule has 19 heavy (non-hydrogen) atoms. The molecule has 0 radical (unpaired) electrons. The molecule has 0 saturated carbocycles. The Bertz CT molecular complexity index is 524. The van der Waals surface area contributed by atoms with E-state index < -0.39 is 0 Å². The maximum absolute atomic E-state index is 12.1. The van der Waals surface area contributed by atoms with Crippen LogP contribution in [0.1, 0.15) is 17.4 Å². The zero-order valence-corrected chi connectivity index (χ0v) is 13.0. The first-order valence-corrected chi connectivity index (χ1v) is 7.58. The molecule has 0 spiro atoms. The molecule has 2 aromatic heterocycles. The predicted molar refractivity (Wildman–Crippen MR) is 79.0 cm³/mol. The second-order valence-corrected chi connectivity index (χ2v) is 6.56. The molecule has 0 bridgehead atoms. The van der Waals surface area contributed by atoms with Crippen LogP contribution >= 0.6 is 27.3 Å². The highest BCUT2D eigenvalue weighted by atomic mass is 79.9. The van der Waals surface area contributed by atoms with Crippen molar-refractivity contribution in [1.29, 1.82) is 0 Å². The molecule has 2 rings (SSSR count). The van der Waals surface area contributed by atoms with Gasteiger partial charge >= 0.3 is 6.03 Å². The molecular formula is C13H15BrN2O2S. The molecule has 0 unspecified atom stereocenters. The summed E-state index contributed by atoms with van der Waals surface area (Å²) in [5, 5.41) is 2.88. The van der Waals surface area contributed by atoms with E-state index in [4.69, 9.17) is 4.42 Å². The fourth-order valence-corrected chi connectivity index (χ4v) is 3.13. The number of nitrogens with one attached hydrogen (secondary N) is 1. The molecule has 102 valence electrons. The first-order chi connectivity index (χ1) is 9.19. The summed E-state index contributed by atoms with van der Waals surface area (Å²) in [6.45, 7) is 3.76. The average molecular weight is 343 g/mol. The lowest BCUT2D eigenvalue weighted by Crippen LogP contribution is -2.38. The molecule has 0 aliphatic rings. The molecule has 2 amide bonds. The van der Waals surface area contributed by atoms with Gasteiger partial charge in [0.1, 0.15) is 0 Å². The Morgan fingerprint density at radius 2 is 2.32 bits per heavy atom. The summed E-state index contributed by atoms with van der Waals surface area (Å²) in [7, 11) is 0. The zero-order valence-electron chi connectivity index (χ0n) is 10.6. The number of hydrogen-bond acceptors (Lipinski definition) is 3. The minimum atomic E-state index is -0.0618. The number of furan rings is 1. The van der Waals surface area contributed by atoms with Crippen LogP contribution in [-0.2, 0) is 13.1 Å². The second kappa shape index (κ2) is 6.77. The van der Waals surface area contributed by atoms with Crippen LogP contribution in [0.25, 0.3) is 0 Å². The Labute approximate surface area is 124 Å². The summed E-state index contributed by atoms with van der Waals surface area (Å²) in [5.41, 5.74) is 0.961. The van der Waals surface area contributed by atoms with Crippen molar-refractivity contribution in [3.05, 3.63) is 45.0 Å². The van der Waals surface area contributed by atoms with E-state index in [2.05, 4.69) is 21.2 Å². The first-order valence-electron chi connectivity index (χ1n) is 5.97. The van der Waals surface area contributed by atoms with Gasteiger partial charge in [0, 0.05) is 23.5 Å². The standard InChI is InChI=1S/C13H15BrN2O2S/c1-2-16(8-11-3-4-12(14)19-11)13(17)15-7-10-5-6-18-9-10/h3-6,9H,2,7-8H2,1H3,(H,15,17). The van der Waals surface area contributed by atoms with Crippen molar-refractivity contribution in [2.75, 3.05) is 6.54 Å². The van der Waals surface area contributed by atoms with E-state index in [1.807, 2.05) is 25.1 Å². The van der Waals surface area contributed by atoms with Gasteiger partial charge in [-0.1, -0.05) is 0 Å². The van der Waals surface area contributed by atoms with Crippen molar-refractivity contribution in [2.45, 2.75) is 20.0 Å². The van der Waals surface area contributed by atoms with Crippen LogP contribution < -0.4 is 5.32 Å². The molecule has 0 aromatic carbocycles. The molecule has 6 heteroatoms. The molecule has 0 fully saturated rings. The SMILES string of the molecule is CCN(Cc1ccc(Br)s1)C(=O)NCc1ccoc1. The van der Waals surface area contributed by atoms with Crippen LogP contribution in [0, 0.1) is 0 Å². The van der Waals surface area contributed by atoms with Crippen LogP contribution in [0.15, 0.2) is 38.9 Å². The maximum atomic E-state index is 12.1. The van der Waals surface area contributed by atoms with Gasteiger partial charge in [0.05, 0.1) is 22.9 Å². The molecule has 0 atom stereocenters. The van der Waals surface area contributed by atoms with Crippen molar-refractivity contribution in [3.63, 3.8) is 0 Å². The maximum Gasteiger partial charge on any atom is 0.317 e. The highest BCUT2D eigenvalue weighted by Gasteiger charge is 2.12. The topological polar surface area (TPSA) is 45.5 Å². The summed E-state index contributed by atoms with van der Waals surface area (Å²) in [5.74, 6) is 0. The number of rotatable bonds is 5. The van der Waals surface area contributed by atoms with Gasteiger partial charge in [-0.05, 0) is 41.1 Å². The quantitative estimate of drug-likeness (QED) is 0.897. The van der Waals surface area contributed by atoms with E-state index in [9.17, 15) is 4.79 Å². The van der Waals surface area contributed by atoms with Crippen molar-refractivity contribution in [1.82, 2.24) is 10.2 Å². The lowest BCUT2D eigenvalue weighted by Gasteiger charge is -2.20. The lowest BCUT2D eigenvalue weighted by molar-refractivity contribution is 0.198. The average Bonchev–Trinajstić information content (AvgIpc) is 3.04. The summed E-state index contributed by atoms with van der Waals surface area (Å²) >= 11 is 5.07. The van der Waals surface area contributed by atoms with E-state index in [1.54, 1.807) is 28.8 Å². The number of halogens is 1. The lowest BCUT2D eigenvalue weighted by atomic mass is 10.3. The zero-order chi connectivity index (χ0) is 13.7. The Morgan fingerprint density at radius 3 is 2.89 bits per heavy atom. The summed E-state index contributed by atoms with van der Waals surface area (Å²) in [4.78, 5) is 15.0. The van der Waals surface area contributed by atoms with Crippen LogP contribution in [0.2, 0.25) is 0 Å². The molecule has 0 aliphatic heterocycles. The number of nitrogens with zero attached hydrogens (tertiary/aromatic N) is 1. The van der Waals surface area contributed by atoms with Crippen LogP contribution in [0.5, 0.6) is 0 Å². The Morgan fingerprint density at radius 1 is 1.47 bits per heavy atom. The number of amides is 2. The van der Waals surface area contributed by atoms with Gasteiger partial charge in [0.2, 0.25) is 0 Å². The highest BCUT2D eigenvalue weighted by molar-refractivity contribution is 9.11. The number of hydrogen-bond donors (Lipinski definition) is 1. The molecule has 2 heterocycles. The van der Waals surface area contributed by atoms with Gasteiger partial charge in [0.25, 0.3) is 0 Å². The number of carbonyl (C=O) groups is 1. The summed E-state index contributed by atoms with van der Waals surface area (Å²) in [6.07, 6.45) is 3.23. The molecule has 0 saturated heterocycles. The Kier molecular flexibility index (Phi) is 5.04. The van der Waals surface area contributed by atoms with E-state index in [-0.39, 0.29) is 6.03 Å². The molecule has 4 nitrogen and oxygen atoms in total. The largest absolute Gasteiger partial charge is 0.472 e. The fraction of sp³-hybridized carbons (Fsp3) is 0.308. The van der Waals surface area contributed by atoms with Gasteiger partial charge in [-0.25, -0.2) is 4.79 Å². The van der Waals surface area contributed by atoms with E-state index in [1.165, 1.54) is 0 Å². The predicted octanol–water partition coefficient (Wildman–Crippen LogP) is 3.84. The van der Waals surface area contributed by atoms with Gasteiger partial charge in [-0.15, -0.1) is 11.3 Å². The third-order valence-electron chi connectivity index (χ3n) is 2.67. The van der Waals surface area contributed by atoms with Gasteiger partial charge < -0.3 is 14.6 Å².